The van der Waals surface area contributed by atoms with E-state index in [-0.39, 0.29) is 17.4 Å². The summed E-state index contributed by atoms with van der Waals surface area (Å²) in [6.45, 7) is 3.60. The summed E-state index contributed by atoms with van der Waals surface area (Å²) in [6.07, 6.45) is 5.68. The summed E-state index contributed by atoms with van der Waals surface area (Å²) in [7, 11) is 0. The predicted molar refractivity (Wildman–Crippen MR) is 72.4 cm³/mol. The molecule has 7 nitrogen and oxygen atoms in total. The maximum absolute atomic E-state index is 10.9. The van der Waals surface area contributed by atoms with Crippen molar-refractivity contribution in [3.63, 3.8) is 0 Å². The average molecular weight is 264 g/mol. The second kappa shape index (κ2) is 6.48. The van der Waals surface area contributed by atoms with Gasteiger partial charge in [-0.05, 0) is 13.3 Å². The second-order valence-corrected chi connectivity index (χ2v) is 4.00. The van der Waals surface area contributed by atoms with E-state index < -0.39 is 4.92 Å². The predicted octanol–water partition coefficient (Wildman–Crippen LogP) is 1.42. The van der Waals surface area contributed by atoms with Crippen molar-refractivity contribution in [1.82, 2.24) is 10.3 Å². The van der Waals surface area contributed by atoms with Gasteiger partial charge in [0.15, 0.2) is 0 Å². The molecule has 3 N–H and O–H groups in total. The molecule has 0 fully saturated rings. The van der Waals surface area contributed by atoms with E-state index >= 15 is 0 Å². The van der Waals surface area contributed by atoms with Crippen molar-refractivity contribution in [3.8, 4) is 0 Å². The maximum Gasteiger partial charge on any atom is 0.314 e. The Morgan fingerprint density at radius 2 is 2.32 bits per heavy atom. The highest BCUT2D eigenvalue weighted by molar-refractivity contribution is 5.72. The Balaban J connectivity index is 2.79. The summed E-state index contributed by atoms with van der Waals surface area (Å²) in [5, 5.41) is 13.5. The minimum Gasteiger partial charge on any atom is -0.378 e. The fourth-order valence-electron chi connectivity index (χ4n) is 1.57. The van der Waals surface area contributed by atoms with E-state index in [1.54, 1.807) is 13.0 Å². The van der Waals surface area contributed by atoms with Gasteiger partial charge in [0.2, 0.25) is 11.7 Å². The normalized spacial score (nSPS) is 10.6. The molecule has 0 saturated carbocycles. The number of hydrogen-bond donors (Lipinski definition) is 2. The van der Waals surface area contributed by atoms with Crippen molar-refractivity contribution in [3.05, 3.63) is 33.5 Å². The van der Waals surface area contributed by atoms with Crippen molar-refractivity contribution < 1.29 is 9.72 Å². The van der Waals surface area contributed by atoms with Crippen LogP contribution in [0.5, 0.6) is 0 Å². The van der Waals surface area contributed by atoms with Gasteiger partial charge in [-0.15, -0.1) is 0 Å². The smallest absolute Gasteiger partial charge is 0.314 e. The van der Waals surface area contributed by atoms with Crippen molar-refractivity contribution in [2.45, 2.75) is 20.3 Å². The molecule has 1 aromatic heterocycles. The molecule has 0 aliphatic rings. The van der Waals surface area contributed by atoms with E-state index in [1.807, 2.05) is 6.08 Å². The lowest BCUT2D eigenvalue weighted by molar-refractivity contribution is -0.384. The van der Waals surface area contributed by atoms with Gasteiger partial charge in [-0.3, -0.25) is 14.9 Å². The standard InChI is InChI=1S/C12H16N4O3/c1-8-10(5-3-4-6-14-9(2)17)7-15-12(13)11(8)16(18)19/h3,5,7H,4,6H2,1-2H3,(H2,13,15)(H,14,17). The second-order valence-electron chi connectivity index (χ2n) is 4.00. The first kappa shape index (κ1) is 14.6. The van der Waals surface area contributed by atoms with E-state index in [9.17, 15) is 14.9 Å². The topological polar surface area (TPSA) is 111 Å². The van der Waals surface area contributed by atoms with Gasteiger partial charge in [-0.2, -0.15) is 0 Å². The van der Waals surface area contributed by atoms with Crippen LogP contribution in [0, 0.1) is 17.0 Å². The number of nitro groups is 1. The molecule has 0 spiro atoms. The van der Waals surface area contributed by atoms with Crippen molar-refractivity contribution in [1.29, 1.82) is 0 Å². The van der Waals surface area contributed by atoms with E-state index in [0.29, 0.717) is 24.1 Å². The lowest BCUT2D eigenvalue weighted by Gasteiger charge is -2.03. The third kappa shape index (κ3) is 4.06. The summed E-state index contributed by atoms with van der Waals surface area (Å²) >= 11 is 0. The summed E-state index contributed by atoms with van der Waals surface area (Å²) < 4.78 is 0. The van der Waals surface area contributed by atoms with Crippen molar-refractivity contribution in [2.75, 3.05) is 12.3 Å². The number of aromatic nitrogens is 1. The summed E-state index contributed by atoms with van der Waals surface area (Å²) in [5.74, 6) is -0.174. The Labute approximate surface area is 110 Å². The van der Waals surface area contributed by atoms with Crippen molar-refractivity contribution in [2.24, 2.45) is 0 Å². The van der Waals surface area contributed by atoms with Crippen LogP contribution in [0.3, 0.4) is 0 Å². The van der Waals surface area contributed by atoms with Crippen LogP contribution in [0.4, 0.5) is 11.5 Å². The Kier molecular flexibility index (Phi) is 4.99. The molecule has 1 aromatic rings. The van der Waals surface area contributed by atoms with Crippen molar-refractivity contribution >= 4 is 23.5 Å². The molecule has 102 valence electrons. The molecule has 0 radical (unpaired) electrons. The number of hydrogen-bond acceptors (Lipinski definition) is 5. The average Bonchev–Trinajstić information content (AvgIpc) is 2.30. The largest absolute Gasteiger partial charge is 0.378 e. The van der Waals surface area contributed by atoms with E-state index in [2.05, 4.69) is 10.3 Å². The molecule has 0 aliphatic heterocycles. The zero-order chi connectivity index (χ0) is 14.4. The van der Waals surface area contributed by atoms with E-state index in [1.165, 1.54) is 13.1 Å². The first-order chi connectivity index (χ1) is 8.93. The molecule has 0 aromatic carbocycles. The molecule has 7 heteroatoms. The molecular formula is C12H16N4O3. The Morgan fingerprint density at radius 3 is 2.89 bits per heavy atom. The van der Waals surface area contributed by atoms with E-state index in [4.69, 9.17) is 5.73 Å². The van der Waals surface area contributed by atoms with Gasteiger partial charge >= 0.3 is 5.69 Å². The lowest BCUT2D eigenvalue weighted by atomic mass is 10.1. The van der Waals surface area contributed by atoms with Crippen LogP contribution in [0.25, 0.3) is 6.08 Å². The molecule has 0 saturated heterocycles. The zero-order valence-electron chi connectivity index (χ0n) is 10.8. The highest BCUT2D eigenvalue weighted by atomic mass is 16.6. The van der Waals surface area contributed by atoms with Gasteiger partial charge in [0.25, 0.3) is 0 Å². The number of nitrogen functional groups attached to an aromatic ring is 1. The van der Waals surface area contributed by atoms with Gasteiger partial charge in [-0.1, -0.05) is 12.2 Å². The quantitative estimate of drug-likeness (QED) is 0.474. The van der Waals surface area contributed by atoms with Gasteiger partial charge in [0, 0.05) is 30.8 Å². The molecule has 19 heavy (non-hydrogen) atoms. The zero-order valence-corrected chi connectivity index (χ0v) is 10.8. The Morgan fingerprint density at radius 1 is 1.63 bits per heavy atom. The SMILES string of the molecule is CC(=O)NCCC=Cc1cnc(N)c([N+](=O)[O-])c1C. The summed E-state index contributed by atoms with van der Waals surface area (Å²) in [5.41, 5.74) is 6.44. The number of pyridine rings is 1. The lowest BCUT2D eigenvalue weighted by Crippen LogP contribution is -2.20. The molecule has 1 heterocycles. The van der Waals surface area contributed by atoms with Crippen LogP contribution >= 0.6 is 0 Å². The van der Waals surface area contributed by atoms with Gasteiger partial charge in [0.05, 0.1) is 4.92 Å². The fraction of sp³-hybridized carbons (Fsp3) is 0.333. The number of anilines is 1. The highest BCUT2D eigenvalue weighted by Gasteiger charge is 2.18. The van der Waals surface area contributed by atoms with Gasteiger partial charge in [0.1, 0.15) is 0 Å². The number of carbonyl (C=O) groups is 1. The third-order valence-corrected chi connectivity index (χ3v) is 2.54. The Hall–Kier alpha value is -2.44. The molecule has 1 amide bonds. The molecule has 1 rings (SSSR count). The van der Waals surface area contributed by atoms with Crippen LogP contribution in [0.2, 0.25) is 0 Å². The minimum absolute atomic E-state index is 0.0853. The van der Waals surface area contributed by atoms with Crippen LogP contribution in [0.1, 0.15) is 24.5 Å². The number of nitrogens with two attached hydrogens (primary N) is 1. The number of carbonyl (C=O) groups excluding carboxylic acids is 1. The number of rotatable bonds is 5. The Bertz CT molecular complexity index is 526. The number of amides is 1. The first-order valence-electron chi connectivity index (χ1n) is 5.74. The fourth-order valence-corrected chi connectivity index (χ4v) is 1.57. The first-order valence-corrected chi connectivity index (χ1v) is 5.74. The molecule has 0 unspecified atom stereocenters. The maximum atomic E-state index is 10.9. The molecular weight excluding hydrogens is 248 g/mol. The molecule has 0 aliphatic carbocycles. The monoisotopic (exact) mass is 264 g/mol. The van der Waals surface area contributed by atoms with Crippen LogP contribution in [-0.4, -0.2) is 22.4 Å². The van der Waals surface area contributed by atoms with Gasteiger partial charge in [-0.25, -0.2) is 4.98 Å². The molecule has 0 atom stereocenters. The van der Waals surface area contributed by atoms with Gasteiger partial charge < -0.3 is 11.1 Å². The molecule has 0 bridgehead atoms. The number of nitrogens with one attached hydrogen (secondary N) is 1. The van der Waals surface area contributed by atoms with Crippen LogP contribution in [0.15, 0.2) is 12.3 Å². The summed E-state index contributed by atoms with van der Waals surface area (Å²) in [6, 6.07) is 0. The van der Waals surface area contributed by atoms with Crippen LogP contribution in [-0.2, 0) is 4.79 Å². The minimum atomic E-state index is -0.535. The summed E-state index contributed by atoms with van der Waals surface area (Å²) in [4.78, 5) is 24.8. The number of nitrogens with zero attached hydrogens (tertiary/aromatic N) is 2. The highest BCUT2D eigenvalue weighted by Crippen LogP contribution is 2.26. The van der Waals surface area contributed by atoms with Crippen LogP contribution < -0.4 is 11.1 Å². The van der Waals surface area contributed by atoms with E-state index in [0.717, 1.165) is 0 Å². The third-order valence-electron chi connectivity index (χ3n) is 2.54.